The van der Waals surface area contributed by atoms with Crippen LogP contribution in [0.5, 0.6) is 0 Å². The predicted molar refractivity (Wildman–Crippen MR) is 79.5 cm³/mol. The highest BCUT2D eigenvalue weighted by Crippen LogP contribution is 2.42. The van der Waals surface area contributed by atoms with Crippen LogP contribution in [-0.2, 0) is 6.42 Å². The number of aryl methyl sites for hydroxylation is 1. The van der Waals surface area contributed by atoms with Crippen LogP contribution in [0, 0.1) is 11.8 Å². The van der Waals surface area contributed by atoms with E-state index in [1.165, 1.54) is 35.6 Å². The molecule has 19 heavy (non-hydrogen) atoms. The van der Waals surface area contributed by atoms with Crippen LogP contribution in [0.1, 0.15) is 80.0 Å². The quantitative estimate of drug-likeness (QED) is 0.868. The van der Waals surface area contributed by atoms with Gasteiger partial charge in [0.2, 0.25) is 0 Å². The Labute approximate surface area is 120 Å². The monoisotopic (exact) mass is 279 g/mol. The van der Waals surface area contributed by atoms with Crippen molar-refractivity contribution < 1.29 is 5.11 Å². The molecule has 1 saturated carbocycles. The molecule has 0 bridgehead atoms. The zero-order chi connectivity index (χ0) is 13.4. The zero-order valence-electron chi connectivity index (χ0n) is 12.1. The maximum atomic E-state index is 10.0. The summed E-state index contributed by atoms with van der Waals surface area (Å²) in [6.07, 6.45) is 8.17. The summed E-state index contributed by atoms with van der Waals surface area (Å²) in [7, 11) is 0. The van der Waals surface area contributed by atoms with E-state index in [0.29, 0.717) is 5.92 Å². The molecule has 2 aliphatic carbocycles. The molecular formula is C16H25NOS. The molecule has 1 heterocycles. The van der Waals surface area contributed by atoms with Crippen molar-refractivity contribution in [2.45, 2.75) is 70.8 Å². The summed E-state index contributed by atoms with van der Waals surface area (Å²) in [4.78, 5) is 6.15. The number of nitrogens with zero attached hydrogens (tertiary/aromatic N) is 1. The smallest absolute Gasteiger partial charge is 0.0971 e. The van der Waals surface area contributed by atoms with Gasteiger partial charge in [0.1, 0.15) is 0 Å². The van der Waals surface area contributed by atoms with Gasteiger partial charge in [0.25, 0.3) is 0 Å². The van der Waals surface area contributed by atoms with Crippen molar-refractivity contribution in [3.8, 4) is 0 Å². The highest BCUT2D eigenvalue weighted by molar-refractivity contribution is 7.11. The molecule has 0 amide bonds. The summed E-state index contributed by atoms with van der Waals surface area (Å²) in [6, 6.07) is 0. The van der Waals surface area contributed by atoms with Crippen LogP contribution < -0.4 is 0 Å². The number of thiazole rings is 1. The van der Waals surface area contributed by atoms with Crippen molar-refractivity contribution >= 4 is 11.3 Å². The molecule has 0 aliphatic heterocycles. The van der Waals surface area contributed by atoms with Gasteiger partial charge in [0.15, 0.2) is 0 Å². The van der Waals surface area contributed by atoms with Crippen LogP contribution in [0.2, 0.25) is 0 Å². The van der Waals surface area contributed by atoms with E-state index in [-0.39, 0.29) is 6.10 Å². The topological polar surface area (TPSA) is 33.1 Å². The van der Waals surface area contributed by atoms with Crippen molar-refractivity contribution in [2.24, 2.45) is 11.8 Å². The average Bonchev–Trinajstić information content (AvgIpc) is 2.84. The van der Waals surface area contributed by atoms with Gasteiger partial charge in [-0.3, -0.25) is 0 Å². The number of hydrogen-bond donors (Lipinski definition) is 1. The van der Waals surface area contributed by atoms with E-state index >= 15 is 0 Å². The molecule has 106 valence electrons. The summed E-state index contributed by atoms with van der Waals surface area (Å²) in [6.45, 7) is 4.70. The second kappa shape index (κ2) is 5.53. The molecule has 3 heteroatoms. The standard InChI is InChI=1S/C16H25NOS/c1-10(2)11-6-8-12(9-7-11)16-17-15-13(18)4-3-5-14(15)19-16/h10-13,18H,3-9H2,1-2H3. The first-order valence-electron chi connectivity index (χ1n) is 7.82. The number of hydrogen-bond acceptors (Lipinski definition) is 3. The van der Waals surface area contributed by atoms with E-state index < -0.39 is 0 Å². The first kappa shape index (κ1) is 13.6. The van der Waals surface area contributed by atoms with Crippen LogP contribution in [0.25, 0.3) is 0 Å². The molecule has 1 unspecified atom stereocenters. The minimum Gasteiger partial charge on any atom is -0.387 e. The summed E-state index contributed by atoms with van der Waals surface area (Å²) < 4.78 is 0. The molecule has 2 nitrogen and oxygen atoms in total. The molecule has 3 rings (SSSR count). The van der Waals surface area contributed by atoms with Crippen molar-refractivity contribution in [3.63, 3.8) is 0 Å². The highest BCUT2D eigenvalue weighted by atomic mass is 32.1. The highest BCUT2D eigenvalue weighted by Gasteiger charge is 2.29. The van der Waals surface area contributed by atoms with Crippen molar-refractivity contribution in [1.29, 1.82) is 0 Å². The Kier molecular flexibility index (Phi) is 3.95. The van der Waals surface area contributed by atoms with E-state index in [1.54, 1.807) is 0 Å². The minimum atomic E-state index is -0.291. The third-order valence-corrected chi connectivity index (χ3v) is 6.30. The summed E-state index contributed by atoms with van der Waals surface area (Å²) in [5.74, 6) is 2.40. The van der Waals surface area contributed by atoms with Crippen molar-refractivity contribution in [1.82, 2.24) is 4.98 Å². The Morgan fingerprint density at radius 1 is 1.16 bits per heavy atom. The van der Waals surface area contributed by atoms with Gasteiger partial charge in [-0.15, -0.1) is 11.3 Å². The van der Waals surface area contributed by atoms with Crippen molar-refractivity contribution in [3.05, 3.63) is 15.6 Å². The molecule has 1 N–H and O–H groups in total. The van der Waals surface area contributed by atoms with Crippen LogP contribution >= 0.6 is 11.3 Å². The van der Waals surface area contributed by atoms with E-state index in [1.807, 2.05) is 11.3 Å². The predicted octanol–water partition coefficient (Wildman–Crippen LogP) is 4.44. The Balaban J connectivity index is 1.70. The van der Waals surface area contributed by atoms with Gasteiger partial charge >= 0.3 is 0 Å². The van der Waals surface area contributed by atoms with Crippen LogP contribution in [0.15, 0.2) is 0 Å². The van der Waals surface area contributed by atoms with Crippen molar-refractivity contribution in [2.75, 3.05) is 0 Å². The van der Waals surface area contributed by atoms with Crippen LogP contribution in [0.3, 0.4) is 0 Å². The van der Waals surface area contributed by atoms with Crippen LogP contribution in [0.4, 0.5) is 0 Å². The van der Waals surface area contributed by atoms with E-state index in [0.717, 1.165) is 36.8 Å². The third-order valence-electron chi connectivity index (χ3n) is 5.01. The normalized spacial score (nSPS) is 31.5. The minimum absolute atomic E-state index is 0.291. The number of aromatic nitrogens is 1. The van der Waals surface area contributed by atoms with Gasteiger partial charge in [-0.2, -0.15) is 0 Å². The average molecular weight is 279 g/mol. The van der Waals surface area contributed by atoms with Gasteiger partial charge in [0, 0.05) is 10.8 Å². The summed E-state index contributed by atoms with van der Waals surface area (Å²) in [5.41, 5.74) is 1.01. The molecular weight excluding hydrogens is 254 g/mol. The Bertz CT molecular complexity index is 432. The lowest BCUT2D eigenvalue weighted by Gasteiger charge is -2.29. The fraction of sp³-hybridized carbons (Fsp3) is 0.812. The second-order valence-electron chi connectivity index (χ2n) is 6.62. The van der Waals surface area contributed by atoms with Gasteiger partial charge in [-0.25, -0.2) is 4.98 Å². The SMILES string of the molecule is CC(C)C1CCC(c2nc3c(s2)CCCC3O)CC1. The Morgan fingerprint density at radius 3 is 2.53 bits per heavy atom. The number of aliphatic hydroxyl groups is 1. The van der Waals surface area contributed by atoms with Gasteiger partial charge in [-0.1, -0.05) is 13.8 Å². The lowest BCUT2D eigenvalue weighted by molar-refractivity contribution is 0.152. The maximum Gasteiger partial charge on any atom is 0.0971 e. The largest absolute Gasteiger partial charge is 0.387 e. The van der Waals surface area contributed by atoms with Crippen LogP contribution in [-0.4, -0.2) is 10.1 Å². The maximum absolute atomic E-state index is 10.0. The van der Waals surface area contributed by atoms with Gasteiger partial charge < -0.3 is 5.11 Å². The summed E-state index contributed by atoms with van der Waals surface area (Å²) in [5, 5.41) is 11.3. The Hall–Kier alpha value is -0.410. The summed E-state index contributed by atoms with van der Waals surface area (Å²) >= 11 is 1.88. The zero-order valence-corrected chi connectivity index (χ0v) is 12.9. The van der Waals surface area contributed by atoms with Gasteiger partial charge in [0.05, 0.1) is 16.8 Å². The number of aliphatic hydroxyl groups excluding tert-OH is 1. The number of rotatable bonds is 2. The molecule has 0 spiro atoms. The molecule has 1 fully saturated rings. The van der Waals surface area contributed by atoms with E-state index in [2.05, 4.69) is 13.8 Å². The van der Waals surface area contributed by atoms with E-state index in [9.17, 15) is 5.11 Å². The first-order valence-corrected chi connectivity index (χ1v) is 8.64. The third kappa shape index (κ3) is 2.73. The lowest BCUT2D eigenvalue weighted by Crippen LogP contribution is -2.17. The molecule has 0 radical (unpaired) electrons. The fourth-order valence-electron chi connectivity index (χ4n) is 3.62. The molecule has 0 aromatic carbocycles. The molecule has 1 aromatic rings. The molecule has 1 aromatic heterocycles. The first-order chi connectivity index (χ1) is 9.15. The molecule has 1 atom stereocenters. The number of fused-ring (bicyclic) bond motifs is 1. The van der Waals surface area contributed by atoms with Gasteiger partial charge in [-0.05, 0) is 56.8 Å². The molecule has 0 saturated heterocycles. The lowest BCUT2D eigenvalue weighted by atomic mass is 9.77. The fourth-order valence-corrected chi connectivity index (χ4v) is 4.95. The van der Waals surface area contributed by atoms with E-state index in [4.69, 9.17) is 4.98 Å². The second-order valence-corrected chi connectivity index (χ2v) is 7.74. The molecule has 2 aliphatic rings. The Morgan fingerprint density at radius 2 is 1.89 bits per heavy atom.